The molecule has 1 atom stereocenters. The molecule has 2 aromatic rings. The van der Waals surface area contributed by atoms with Gasteiger partial charge in [-0.15, -0.1) is 0 Å². The van der Waals surface area contributed by atoms with E-state index in [1.54, 1.807) is 29.2 Å². The SMILES string of the molecule is C[C@@H](c1nc(N)nc(N(C)C)n1)N1CCC(C(=O)Nc2ccccc2O)CC1. The third-order valence-electron chi connectivity index (χ3n) is 5.04. The lowest BCUT2D eigenvalue weighted by Gasteiger charge is -2.34. The quantitative estimate of drug-likeness (QED) is 0.664. The lowest BCUT2D eigenvalue weighted by atomic mass is 9.94. The average Bonchev–Trinajstić information content (AvgIpc) is 2.68. The van der Waals surface area contributed by atoms with Gasteiger partial charge in [-0.1, -0.05) is 12.1 Å². The Balaban J connectivity index is 1.60. The normalized spacial score (nSPS) is 16.5. The molecule has 1 amide bonds. The molecule has 3 rings (SSSR count). The van der Waals surface area contributed by atoms with Gasteiger partial charge in [0, 0.05) is 20.0 Å². The number of anilines is 3. The highest BCUT2D eigenvalue weighted by molar-refractivity contribution is 5.93. The minimum absolute atomic E-state index is 0.0221. The number of hydrogen-bond donors (Lipinski definition) is 3. The van der Waals surface area contributed by atoms with Gasteiger partial charge >= 0.3 is 0 Å². The Morgan fingerprint density at radius 1 is 1.25 bits per heavy atom. The van der Waals surface area contributed by atoms with E-state index in [1.165, 1.54) is 0 Å². The van der Waals surface area contributed by atoms with Gasteiger partial charge in [-0.25, -0.2) is 0 Å². The van der Waals surface area contributed by atoms with Gasteiger partial charge in [0.15, 0.2) is 5.82 Å². The largest absolute Gasteiger partial charge is 0.506 e. The van der Waals surface area contributed by atoms with E-state index in [1.807, 2.05) is 21.0 Å². The Morgan fingerprint density at radius 3 is 2.57 bits per heavy atom. The number of piperidine rings is 1. The highest BCUT2D eigenvalue weighted by Crippen LogP contribution is 2.28. The van der Waals surface area contributed by atoms with Crippen molar-refractivity contribution in [1.82, 2.24) is 19.9 Å². The second-order valence-electron chi connectivity index (χ2n) is 7.24. The fourth-order valence-corrected chi connectivity index (χ4v) is 3.31. The van der Waals surface area contributed by atoms with E-state index in [4.69, 9.17) is 5.73 Å². The number of likely N-dealkylation sites (tertiary alicyclic amines) is 1. The molecular weight excluding hydrogens is 358 g/mol. The molecule has 0 radical (unpaired) electrons. The molecule has 9 nitrogen and oxygen atoms in total. The standard InChI is InChI=1S/C19H27N7O2/c1-12(16-22-18(20)24-19(23-16)25(2)3)26-10-8-13(9-11-26)17(28)21-14-6-4-5-7-15(14)27/h4-7,12-13,27H,8-11H2,1-3H3,(H,21,28)(H2,20,22,23,24)/t12-/m0/s1. The fraction of sp³-hybridized carbons (Fsp3) is 0.474. The summed E-state index contributed by atoms with van der Waals surface area (Å²) >= 11 is 0. The van der Waals surface area contributed by atoms with E-state index in [2.05, 4.69) is 25.2 Å². The molecule has 150 valence electrons. The monoisotopic (exact) mass is 385 g/mol. The number of benzene rings is 1. The van der Waals surface area contributed by atoms with E-state index in [0.717, 1.165) is 25.9 Å². The highest BCUT2D eigenvalue weighted by Gasteiger charge is 2.29. The molecule has 1 fully saturated rings. The van der Waals surface area contributed by atoms with Crippen LogP contribution in [0.25, 0.3) is 0 Å². The Labute approximate surface area is 164 Å². The number of para-hydroxylation sites is 2. The molecular formula is C19H27N7O2. The first-order valence-electron chi connectivity index (χ1n) is 9.37. The summed E-state index contributed by atoms with van der Waals surface area (Å²) < 4.78 is 0. The van der Waals surface area contributed by atoms with Crippen molar-refractivity contribution in [3.05, 3.63) is 30.1 Å². The van der Waals surface area contributed by atoms with Gasteiger partial charge in [0.05, 0.1) is 11.7 Å². The molecule has 4 N–H and O–H groups in total. The van der Waals surface area contributed by atoms with Crippen LogP contribution in [0.3, 0.4) is 0 Å². The van der Waals surface area contributed by atoms with Crippen LogP contribution in [-0.2, 0) is 4.79 Å². The van der Waals surface area contributed by atoms with Gasteiger partial charge in [-0.3, -0.25) is 9.69 Å². The zero-order valence-corrected chi connectivity index (χ0v) is 16.5. The Bertz CT molecular complexity index is 835. The third kappa shape index (κ3) is 4.48. The number of aromatic nitrogens is 3. The van der Waals surface area contributed by atoms with Crippen molar-refractivity contribution < 1.29 is 9.90 Å². The Hall–Kier alpha value is -2.94. The number of nitrogens with zero attached hydrogens (tertiary/aromatic N) is 5. The summed E-state index contributed by atoms with van der Waals surface area (Å²) in [5, 5.41) is 12.6. The average molecular weight is 385 g/mol. The number of aromatic hydroxyl groups is 1. The minimum atomic E-state index is -0.0937. The molecule has 1 aliphatic rings. The Kier molecular flexibility index (Phi) is 5.93. The lowest BCUT2D eigenvalue weighted by molar-refractivity contribution is -0.121. The van der Waals surface area contributed by atoms with Gasteiger partial charge < -0.3 is 21.1 Å². The van der Waals surface area contributed by atoms with Crippen molar-refractivity contribution in [1.29, 1.82) is 0 Å². The number of nitrogens with two attached hydrogens (primary N) is 1. The zero-order valence-electron chi connectivity index (χ0n) is 16.5. The van der Waals surface area contributed by atoms with Gasteiger partial charge in [0.2, 0.25) is 17.8 Å². The fourth-order valence-electron chi connectivity index (χ4n) is 3.31. The predicted octanol–water partition coefficient (Wildman–Crippen LogP) is 1.64. The van der Waals surface area contributed by atoms with Crippen LogP contribution >= 0.6 is 0 Å². The molecule has 0 bridgehead atoms. The summed E-state index contributed by atoms with van der Waals surface area (Å²) in [5.74, 6) is 1.29. The van der Waals surface area contributed by atoms with Gasteiger partial charge in [-0.2, -0.15) is 15.0 Å². The van der Waals surface area contributed by atoms with Gasteiger partial charge in [0.25, 0.3) is 0 Å². The number of carbonyl (C=O) groups excluding carboxylic acids is 1. The summed E-state index contributed by atoms with van der Waals surface area (Å²) in [6.45, 7) is 3.54. The number of nitrogen functional groups attached to an aromatic ring is 1. The maximum absolute atomic E-state index is 12.5. The smallest absolute Gasteiger partial charge is 0.229 e. The van der Waals surface area contributed by atoms with Crippen molar-refractivity contribution >= 4 is 23.5 Å². The molecule has 0 saturated carbocycles. The van der Waals surface area contributed by atoms with E-state index < -0.39 is 0 Å². The summed E-state index contributed by atoms with van der Waals surface area (Å²) in [6, 6.07) is 6.73. The molecule has 0 spiro atoms. The zero-order chi connectivity index (χ0) is 20.3. The van der Waals surface area contributed by atoms with Crippen molar-refractivity contribution in [2.45, 2.75) is 25.8 Å². The van der Waals surface area contributed by atoms with E-state index in [0.29, 0.717) is 17.5 Å². The number of amides is 1. The number of hydrogen-bond acceptors (Lipinski definition) is 8. The molecule has 1 aliphatic heterocycles. The maximum atomic E-state index is 12.5. The van der Waals surface area contributed by atoms with Gasteiger partial charge in [-0.05, 0) is 45.0 Å². The topological polar surface area (TPSA) is 121 Å². The number of rotatable bonds is 5. The van der Waals surface area contributed by atoms with E-state index >= 15 is 0 Å². The van der Waals surface area contributed by atoms with Crippen molar-refractivity contribution in [2.24, 2.45) is 5.92 Å². The predicted molar refractivity (Wildman–Crippen MR) is 108 cm³/mol. The number of nitrogens with one attached hydrogen (secondary N) is 1. The summed E-state index contributed by atoms with van der Waals surface area (Å²) in [4.78, 5) is 29.5. The van der Waals surface area contributed by atoms with Crippen LogP contribution < -0.4 is 16.0 Å². The van der Waals surface area contributed by atoms with Crippen LogP contribution in [0.4, 0.5) is 17.6 Å². The molecule has 1 aromatic carbocycles. The third-order valence-corrected chi connectivity index (χ3v) is 5.04. The van der Waals surface area contributed by atoms with Crippen molar-refractivity contribution in [3.63, 3.8) is 0 Å². The van der Waals surface area contributed by atoms with Crippen LogP contribution in [0, 0.1) is 5.92 Å². The van der Waals surface area contributed by atoms with Crippen molar-refractivity contribution in [2.75, 3.05) is 43.1 Å². The highest BCUT2D eigenvalue weighted by atomic mass is 16.3. The first kappa shape index (κ1) is 19.8. The number of phenolic OH excluding ortho intramolecular Hbond substituents is 1. The maximum Gasteiger partial charge on any atom is 0.229 e. The van der Waals surface area contributed by atoms with E-state index in [-0.39, 0.29) is 29.6 Å². The summed E-state index contributed by atoms with van der Waals surface area (Å²) in [6.07, 6.45) is 1.45. The number of phenols is 1. The van der Waals surface area contributed by atoms with Crippen LogP contribution in [0.15, 0.2) is 24.3 Å². The summed E-state index contributed by atoms with van der Waals surface area (Å²) in [7, 11) is 3.72. The van der Waals surface area contributed by atoms with Crippen LogP contribution in [0.2, 0.25) is 0 Å². The molecule has 0 aliphatic carbocycles. The lowest BCUT2D eigenvalue weighted by Crippen LogP contribution is -2.40. The van der Waals surface area contributed by atoms with Crippen LogP contribution in [0.5, 0.6) is 5.75 Å². The van der Waals surface area contributed by atoms with Crippen molar-refractivity contribution in [3.8, 4) is 5.75 Å². The van der Waals surface area contributed by atoms with Crippen LogP contribution in [-0.4, -0.2) is 58.1 Å². The molecule has 2 heterocycles. The molecule has 9 heteroatoms. The minimum Gasteiger partial charge on any atom is -0.506 e. The van der Waals surface area contributed by atoms with Crippen LogP contribution in [0.1, 0.15) is 31.6 Å². The second-order valence-corrected chi connectivity index (χ2v) is 7.24. The Morgan fingerprint density at radius 2 is 1.93 bits per heavy atom. The molecule has 1 aromatic heterocycles. The number of carbonyl (C=O) groups is 1. The molecule has 1 saturated heterocycles. The van der Waals surface area contributed by atoms with Gasteiger partial charge in [0.1, 0.15) is 5.75 Å². The van der Waals surface area contributed by atoms with E-state index in [9.17, 15) is 9.90 Å². The molecule has 28 heavy (non-hydrogen) atoms. The molecule has 0 unspecified atom stereocenters. The first-order chi connectivity index (χ1) is 13.3. The summed E-state index contributed by atoms with van der Waals surface area (Å²) in [5.41, 5.74) is 6.28. The first-order valence-corrected chi connectivity index (χ1v) is 9.37. The second kappa shape index (κ2) is 8.39.